The van der Waals surface area contributed by atoms with E-state index >= 15 is 0 Å². The SMILES string of the molecule is CC(N)C=NOCc1ccc(C(F)(F)F)cc1. The van der Waals surface area contributed by atoms with Gasteiger partial charge in [-0.3, -0.25) is 0 Å². The molecule has 2 N–H and O–H groups in total. The number of nitrogens with zero attached hydrogens (tertiary/aromatic N) is 1. The molecular weight excluding hydrogens is 233 g/mol. The van der Waals surface area contributed by atoms with Gasteiger partial charge in [0.1, 0.15) is 6.61 Å². The number of oxime groups is 1. The zero-order chi connectivity index (χ0) is 12.9. The van der Waals surface area contributed by atoms with Gasteiger partial charge in [-0.1, -0.05) is 17.3 Å². The molecule has 0 amide bonds. The third-order valence-electron chi connectivity index (χ3n) is 1.88. The van der Waals surface area contributed by atoms with Crippen molar-refractivity contribution in [3.63, 3.8) is 0 Å². The van der Waals surface area contributed by atoms with Crippen LogP contribution in [0.5, 0.6) is 0 Å². The maximum atomic E-state index is 12.2. The summed E-state index contributed by atoms with van der Waals surface area (Å²) in [5, 5.41) is 3.57. The summed E-state index contributed by atoms with van der Waals surface area (Å²) in [4.78, 5) is 4.86. The molecule has 0 aliphatic heterocycles. The van der Waals surface area contributed by atoms with Crippen LogP contribution in [0.25, 0.3) is 0 Å². The normalized spacial score (nSPS) is 13.9. The zero-order valence-electron chi connectivity index (χ0n) is 9.24. The van der Waals surface area contributed by atoms with E-state index in [1.165, 1.54) is 18.3 Å². The lowest BCUT2D eigenvalue weighted by molar-refractivity contribution is -0.137. The largest absolute Gasteiger partial charge is 0.416 e. The molecule has 1 aromatic rings. The van der Waals surface area contributed by atoms with Crippen molar-refractivity contribution in [3.8, 4) is 0 Å². The molecule has 0 heterocycles. The standard InChI is InChI=1S/C11H13F3N2O/c1-8(15)6-16-17-7-9-2-4-10(5-3-9)11(12,13)14/h2-6,8H,7,15H2,1H3. The highest BCUT2D eigenvalue weighted by atomic mass is 19.4. The summed E-state index contributed by atoms with van der Waals surface area (Å²) in [6.45, 7) is 1.84. The summed E-state index contributed by atoms with van der Waals surface area (Å²) in [6, 6.07) is 4.50. The molecule has 3 nitrogen and oxygen atoms in total. The molecule has 0 aliphatic carbocycles. The Balaban J connectivity index is 2.52. The highest BCUT2D eigenvalue weighted by molar-refractivity contribution is 5.62. The first-order chi connectivity index (χ1) is 7.89. The van der Waals surface area contributed by atoms with Gasteiger partial charge < -0.3 is 10.6 Å². The van der Waals surface area contributed by atoms with E-state index in [0.717, 1.165) is 12.1 Å². The van der Waals surface area contributed by atoms with Crippen LogP contribution in [0.15, 0.2) is 29.4 Å². The third-order valence-corrected chi connectivity index (χ3v) is 1.88. The van der Waals surface area contributed by atoms with E-state index in [0.29, 0.717) is 5.56 Å². The van der Waals surface area contributed by atoms with Crippen molar-refractivity contribution in [2.75, 3.05) is 0 Å². The first kappa shape index (κ1) is 13.5. The fourth-order valence-corrected chi connectivity index (χ4v) is 1.04. The Morgan fingerprint density at radius 1 is 1.35 bits per heavy atom. The van der Waals surface area contributed by atoms with Gasteiger partial charge >= 0.3 is 6.18 Å². The summed E-state index contributed by atoms with van der Waals surface area (Å²) >= 11 is 0. The predicted octanol–water partition coefficient (Wildman–Crippen LogP) is 2.56. The van der Waals surface area contributed by atoms with Gasteiger partial charge in [0.25, 0.3) is 0 Å². The zero-order valence-corrected chi connectivity index (χ0v) is 9.24. The van der Waals surface area contributed by atoms with Crippen molar-refractivity contribution in [2.45, 2.75) is 25.7 Å². The topological polar surface area (TPSA) is 47.6 Å². The Morgan fingerprint density at radius 2 is 1.94 bits per heavy atom. The van der Waals surface area contributed by atoms with Crippen molar-refractivity contribution in [3.05, 3.63) is 35.4 Å². The number of rotatable bonds is 4. The Kier molecular flexibility index (Phi) is 4.51. The number of hydrogen-bond acceptors (Lipinski definition) is 3. The molecule has 1 aromatic carbocycles. The van der Waals surface area contributed by atoms with Crippen LogP contribution in [0.4, 0.5) is 13.2 Å². The molecule has 0 bridgehead atoms. The molecule has 0 aliphatic rings. The number of hydrogen-bond donors (Lipinski definition) is 1. The van der Waals surface area contributed by atoms with E-state index in [-0.39, 0.29) is 12.6 Å². The maximum Gasteiger partial charge on any atom is 0.416 e. The van der Waals surface area contributed by atoms with E-state index in [9.17, 15) is 13.2 Å². The average Bonchev–Trinajstić information content (AvgIpc) is 2.23. The minimum Gasteiger partial charge on any atom is -0.391 e. The smallest absolute Gasteiger partial charge is 0.391 e. The first-order valence-electron chi connectivity index (χ1n) is 4.97. The molecule has 0 saturated carbocycles. The van der Waals surface area contributed by atoms with Gasteiger partial charge in [0.2, 0.25) is 0 Å². The molecule has 17 heavy (non-hydrogen) atoms. The van der Waals surface area contributed by atoms with Crippen LogP contribution < -0.4 is 5.73 Å². The third kappa shape index (κ3) is 4.86. The lowest BCUT2D eigenvalue weighted by Crippen LogP contribution is -2.16. The minimum atomic E-state index is -4.31. The lowest BCUT2D eigenvalue weighted by Gasteiger charge is -2.07. The molecule has 1 atom stereocenters. The maximum absolute atomic E-state index is 12.2. The molecule has 1 rings (SSSR count). The van der Waals surface area contributed by atoms with Crippen LogP contribution >= 0.6 is 0 Å². The van der Waals surface area contributed by atoms with Gasteiger partial charge in [-0.15, -0.1) is 0 Å². The van der Waals surface area contributed by atoms with Crippen LogP contribution in [0.2, 0.25) is 0 Å². The predicted molar refractivity (Wildman–Crippen MR) is 58.4 cm³/mol. The van der Waals surface area contributed by atoms with Crippen LogP contribution in [-0.2, 0) is 17.6 Å². The van der Waals surface area contributed by atoms with Crippen LogP contribution in [-0.4, -0.2) is 12.3 Å². The average molecular weight is 246 g/mol. The summed E-state index contributed by atoms with van der Waals surface area (Å²) in [5.41, 5.74) is 5.32. The minimum absolute atomic E-state index is 0.112. The van der Waals surface area contributed by atoms with Crippen LogP contribution in [0, 0.1) is 0 Å². The first-order valence-corrected chi connectivity index (χ1v) is 4.97. The van der Waals surface area contributed by atoms with E-state index in [4.69, 9.17) is 10.6 Å². The second-order valence-corrected chi connectivity index (χ2v) is 3.58. The van der Waals surface area contributed by atoms with E-state index in [1.54, 1.807) is 6.92 Å². The fourth-order valence-electron chi connectivity index (χ4n) is 1.04. The van der Waals surface area contributed by atoms with E-state index < -0.39 is 11.7 Å². The second kappa shape index (κ2) is 5.67. The van der Waals surface area contributed by atoms with Gasteiger partial charge in [-0.25, -0.2) is 0 Å². The molecule has 0 saturated heterocycles. The Hall–Kier alpha value is -1.56. The molecule has 6 heteroatoms. The number of nitrogens with two attached hydrogens (primary N) is 1. The lowest BCUT2D eigenvalue weighted by atomic mass is 10.1. The summed E-state index contributed by atoms with van der Waals surface area (Å²) < 4.78 is 36.7. The monoisotopic (exact) mass is 246 g/mol. The molecular formula is C11H13F3N2O. The van der Waals surface area contributed by atoms with Crippen molar-refractivity contribution >= 4 is 6.21 Å². The number of alkyl halides is 3. The van der Waals surface area contributed by atoms with E-state index in [1.807, 2.05) is 0 Å². The van der Waals surface area contributed by atoms with Crippen molar-refractivity contribution < 1.29 is 18.0 Å². The van der Waals surface area contributed by atoms with E-state index in [2.05, 4.69) is 5.16 Å². The van der Waals surface area contributed by atoms with Crippen molar-refractivity contribution in [1.29, 1.82) is 0 Å². The quantitative estimate of drug-likeness (QED) is 0.655. The highest BCUT2D eigenvalue weighted by Crippen LogP contribution is 2.29. The Labute approximate surface area is 97.1 Å². The molecule has 0 aromatic heterocycles. The van der Waals surface area contributed by atoms with Crippen molar-refractivity contribution in [2.24, 2.45) is 10.9 Å². The van der Waals surface area contributed by atoms with Gasteiger partial charge in [-0.2, -0.15) is 13.2 Å². The Bertz CT molecular complexity index is 371. The molecule has 1 unspecified atom stereocenters. The van der Waals surface area contributed by atoms with Crippen LogP contribution in [0.1, 0.15) is 18.1 Å². The van der Waals surface area contributed by atoms with Gasteiger partial charge in [0.05, 0.1) is 11.8 Å². The summed E-state index contributed by atoms with van der Waals surface area (Å²) in [6.07, 6.45) is -2.91. The Morgan fingerprint density at radius 3 is 2.41 bits per heavy atom. The number of benzene rings is 1. The van der Waals surface area contributed by atoms with Gasteiger partial charge in [0.15, 0.2) is 0 Å². The summed E-state index contributed by atoms with van der Waals surface area (Å²) in [5.74, 6) is 0. The summed E-state index contributed by atoms with van der Waals surface area (Å²) in [7, 11) is 0. The fraction of sp³-hybridized carbons (Fsp3) is 0.364. The number of halogens is 3. The second-order valence-electron chi connectivity index (χ2n) is 3.58. The molecule has 0 radical (unpaired) electrons. The van der Waals surface area contributed by atoms with Gasteiger partial charge in [0, 0.05) is 6.04 Å². The molecule has 0 fully saturated rings. The van der Waals surface area contributed by atoms with Crippen LogP contribution in [0.3, 0.4) is 0 Å². The van der Waals surface area contributed by atoms with Crippen molar-refractivity contribution in [1.82, 2.24) is 0 Å². The molecule has 94 valence electrons. The molecule has 0 spiro atoms. The van der Waals surface area contributed by atoms with Gasteiger partial charge in [-0.05, 0) is 24.6 Å². The highest BCUT2D eigenvalue weighted by Gasteiger charge is 2.29.